The first-order valence-corrected chi connectivity index (χ1v) is 5.90. The first-order chi connectivity index (χ1) is 8.29. The third-order valence-electron chi connectivity index (χ3n) is 2.93. The Hall–Kier alpha value is -1.40. The normalized spacial score (nSPS) is 17.2. The van der Waals surface area contributed by atoms with E-state index in [1.807, 2.05) is 6.07 Å². The quantitative estimate of drug-likeness (QED) is 0.745. The molecule has 0 aromatic carbocycles. The molecule has 6 nitrogen and oxygen atoms in total. The van der Waals surface area contributed by atoms with Crippen LogP contribution in [0.4, 0.5) is 11.5 Å². The Kier molecular flexibility index (Phi) is 4.11. The van der Waals surface area contributed by atoms with Crippen LogP contribution < -0.4 is 10.2 Å². The van der Waals surface area contributed by atoms with E-state index in [9.17, 15) is 0 Å². The predicted octanol–water partition coefficient (Wildman–Crippen LogP) is -0.367. The first-order valence-electron chi connectivity index (χ1n) is 5.90. The highest BCUT2D eigenvalue weighted by Gasteiger charge is 2.14. The van der Waals surface area contributed by atoms with Crippen molar-refractivity contribution in [2.45, 2.75) is 0 Å². The van der Waals surface area contributed by atoms with Crippen molar-refractivity contribution in [3.8, 4) is 0 Å². The van der Waals surface area contributed by atoms with Crippen LogP contribution in [0.5, 0.6) is 0 Å². The average molecular weight is 237 g/mol. The molecule has 0 bridgehead atoms. The van der Waals surface area contributed by atoms with E-state index in [0.717, 1.165) is 37.7 Å². The molecule has 1 aromatic rings. The molecule has 17 heavy (non-hydrogen) atoms. The summed E-state index contributed by atoms with van der Waals surface area (Å²) in [5, 5.41) is 19.7. The van der Waals surface area contributed by atoms with Gasteiger partial charge in [0.05, 0.1) is 18.5 Å². The molecule has 0 spiro atoms. The Labute approximate surface area is 101 Å². The van der Waals surface area contributed by atoms with Crippen LogP contribution in [0.2, 0.25) is 0 Å². The van der Waals surface area contributed by atoms with Gasteiger partial charge in [-0.1, -0.05) is 0 Å². The molecule has 1 aromatic heterocycles. The van der Waals surface area contributed by atoms with Gasteiger partial charge in [0, 0.05) is 38.8 Å². The average Bonchev–Trinajstić information content (AvgIpc) is 2.37. The molecule has 94 valence electrons. The minimum atomic E-state index is 0.0976. The number of piperazine rings is 1. The fourth-order valence-electron chi connectivity index (χ4n) is 1.86. The Morgan fingerprint density at radius 2 is 2.12 bits per heavy atom. The molecular weight excluding hydrogens is 218 g/mol. The Balaban J connectivity index is 2.00. The van der Waals surface area contributed by atoms with E-state index in [-0.39, 0.29) is 6.61 Å². The van der Waals surface area contributed by atoms with Crippen molar-refractivity contribution in [2.24, 2.45) is 0 Å². The van der Waals surface area contributed by atoms with Gasteiger partial charge >= 0.3 is 0 Å². The van der Waals surface area contributed by atoms with Gasteiger partial charge in [-0.25, -0.2) is 0 Å². The van der Waals surface area contributed by atoms with Crippen molar-refractivity contribution >= 4 is 11.5 Å². The summed E-state index contributed by atoms with van der Waals surface area (Å²) in [6.45, 7) is 4.77. The van der Waals surface area contributed by atoms with Crippen LogP contribution >= 0.6 is 0 Å². The molecule has 0 unspecified atom stereocenters. The fraction of sp³-hybridized carbons (Fsp3) is 0.636. The summed E-state index contributed by atoms with van der Waals surface area (Å²) >= 11 is 0. The third kappa shape index (κ3) is 3.28. The molecule has 2 rings (SSSR count). The van der Waals surface area contributed by atoms with Gasteiger partial charge in [-0.2, -0.15) is 5.10 Å². The summed E-state index contributed by atoms with van der Waals surface area (Å²) in [6.07, 6.45) is 1.79. The topological polar surface area (TPSA) is 64.5 Å². The van der Waals surface area contributed by atoms with Gasteiger partial charge < -0.3 is 20.2 Å². The van der Waals surface area contributed by atoms with Crippen molar-refractivity contribution in [1.29, 1.82) is 0 Å². The molecule has 2 N–H and O–H groups in total. The lowest BCUT2D eigenvalue weighted by Crippen LogP contribution is -2.44. The maximum Gasteiger partial charge on any atom is 0.150 e. The van der Waals surface area contributed by atoms with Crippen LogP contribution in [0.1, 0.15) is 0 Å². The monoisotopic (exact) mass is 237 g/mol. The highest BCUT2D eigenvalue weighted by atomic mass is 16.3. The molecule has 1 aliphatic heterocycles. The van der Waals surface area contributed by atoms with Crippen LogP contribution in [0.25, 0.3) is 0 Å². The number of likely N-dealkylation sites (N-methyl/N-ethyl adjacent to an activating group) is 1. The van der Waals surface area contributed by atoms with Crippen molar-refractivity contribution in [3.63, 3.8) is 0 Å². The second kappa shape index (κ2) is 5.79. The van der Waals surface area contributed by atoms with E-state index >= 15 is 0 Å². The Bertz CT molecular complexity index is 351. The highest BCUT2D eigenvalue weighted by molar-refractivity contribution is 5.52. The van der Waals surface area contributed by atoms with Crippen LogP contribution in [0, 0.1) is 0 Å². The van der Waals surface area contributed by atoms with Crippen LogP contribution in [-0.4, -0.2) is 66.6 Å². The smallest absolute Gasteiger partial charge is 0.150 e. The van der Waals surface area contributed by atoms with Crippen molar-refractivity contribution in [3.05, 3.63) is 12.3 Å². The number of hydrogen-bond acceptors (Lipinski definition) is 6. The number of nitrogens with zero attached hydrogens (tertiary/aromatic N) is 4. The Morgan fingerprint density at radius 3 is 2.82 bits per heavy atom. The van der Waals surface area contributed by atoms with Crippen LogP contribution in [0.15, 0.2) is 12.3 Å². The fourth-order valence-corrected chi connectivity index (χ4v) is 1.86. The summed E-state index contributed by atoms with van der Waals surface area (Å²) in [6, 6.07) is 1.98. The second-order valence-electron chi connectivity index (χ2n) is 4.24. The van der Waals surface area contributed by atoms with E-state index in [4.69, 9.17) is 5.11 Å². The lowest BCUT2D eigenvalue weighted by atomic mass is 10.3. The molecule has 0 saturated carbocycles. The lowest BCUT2D eigenvalue weighted by Gasteiger charge is -2.33. The van der Waals surface area contributed by atoms with E-state index in [0.29, 0.717) is 6.54 Å². The van der Waals surface area contributed by atoms with Gasteiger partial charge in [-0.05, 0) is 7.05 Å². The van der Waals surface area contributed by atoms with E-state index < -0.39 is 0 Å². The molecular formula is C11H19N5O. The van der Waals surface area contributed by atoms with Gasteiger partial charge in [-0.15, -0.1) is 5.10 Å². The minimum absolute atomic E-state index is 0.0976. The number of anilines is 2. The van der Waals surface area contributed by atoms with Crippen LogP contribution in [-0.2, 0) is 0 Å². The maximum absolute atomic E-state index is 8.75. The summed E-state index contributed by atoms with van der Waals surface area (Å²) in [5.41, 5.74) is 1.09. The molecule has 0 amide bonds. The predicted molar refractivity (Wildman–Crippen MR) is 67.3 cm³/mol. The second-order valence-corrected chi connectivity index (χ2v) is 4.24. The summed E-state index contributed by atoms with van der Waals surface area (Å²) in [4.78, 5) is 4.62. The first kappa shape index (κ1) is 12.1. The molecule has 6 heteroatoms. The number of aliphatic hydroxyl groups is 1. The van der Waals surface area contributed by atoms with Gasteiger partial charge in [0.2, 0.25) is 0 Å². The number of rotatable bonds is 4. The molecule has 0 aliphatic carbocycles. The zero-order chi connectivity index (χ0) is 12.1. The summed E-state index contributed by atoms with van der Waals surface area (Å²) < 4.78 is 0. The molecule has 2 heterocycles. The third-order valence-corrected chi connectivity index (χ3v) is 2.93. The van der Waals surface area contributed by atoms with E-state index in [2.05, 4.69) is 32.4 Å². The van der Waals surface area contributed by atoms with Gasteiger partial charge in [0.15, 0.2) is 5.82 Å². The van der Waals surface area contributed by atoms with E-state index in [1.165, 1.54) is 0 Å². The van der Waals surface area contributed by atoms with Crippen molar-refractivity contribution in [2.75, 3.05) is 56.6 Å². The van der Waals surface area contributed by atoms with Gasteiger partial charge in [0.1, 0.15) is 0 Å². The molecule has 0 radical (unpaired) electrons. The lowest BCUT2D eigenvalue weighted by molar-refractivity contribution is 0.310. The number of hydrogen-bond donors (Lipinski definition) is 2. The zero-order valence-corrected chi connectivity index (χ0v) is 10.1. The largest absolute Gasteiger partial charge is 0.395 e. The van der Waals surface area contributed by atoms with Gasteiger partial charge in [0.25, 0.3) is 0 Å². The molecule has 1 saturated heterocycles. The number of nitrogens with one attached hydrogen (secondary N) is 1. The zero-order valence-electron chi connectivity index (χ0n) is 10.1. The SMILES string of the molecule is CN1CCN(c2cnnc(NCCO)c2)CC1. The number of aromatic nitrogens is 2. The van der Waals surface area contributed by atoms with E-state index in [1.54, 1.807) is 6.20 Å². The maximum atomic E-state index is 8.75. The summed E-state index contributed by atoms with van der Waals surface area (Å²) in [5.74, 6) is 0.718. The molecule has 0 atom stereocenters. The van der Waals surface area contributed by atoms with Crippen LogP contribution in [0.3, 0.4) is 0 Å². The molecule has 1 aliphatic rings. The minimum Gasteiger partial charge on any atom is -0.395 e. The van der Waals surface area contributed by atoms with Crippen molar-refractivity contribution < 1.29 is 5.11 Å². The standard InChI is InChI=1S/C11H19N5O/c1-15-3-5-16(6-4-15)10-8-11(12-2-7-17)14-13-9-10/h8-9,17H,2-7H2,1H3,(H,12,14). The van der Waals surface area contributed by atoms with Gasteiger partial charge in [-0.3, -0.25) is 0 Å². The molecule has 1 fully saturated rings. The number of aliphatic hydroxyl groups excluding tert-OH is 1. The van der Waals surface area contributed by atoms with Crippen molar-refractivity contribution in [1.82, 2.24) is 15.1 Å². The highest BCUT2D eigenvalue weighted by Crippen LogP contribution is 2.17. The Morgan fingerprint density at radius 1 is 1.35 bits per heavy atom. The summed E-state index contributed by atoms with van der Waals surface area (Å²) in [7, 11) is 2.14.